The van der Waals surface area contributed by atoms with Crippen LogP contribution in [0.3, 0.4) is 0 Å². The van der Waals surface area contributed by atoms with Crippen molar-refractivity contribution in [3.8, 4) is 0 Å². The summed E-state index contributed by atoms with van der Waals surface area (Å²) in [5.74, 6) is 0. The molecule has 0 aliphatic carbocycles. The zero-order valence-corrected chi connectivity index (χ0v) is 12.0. The van der Waals surface area contributed by atoms with Gasteiger partial charge < -0.3 is 10.4 Å². The summed E-state index contributed by atoms with van der Waals surface area (Å²) >= 11 is 5.89. The molecule has 2 aromatic rings. The standard InChI is InChI=1S/C15H15ClN2O3/c16-13-3-1-2-11(8-13)9-17-10-15(19)12-4-6-14(7-5-12)18(20)21/h1-8,15,17,19H,9-10H2. The molecule has 0 aliphatic rings. The first-order valence-corrected chi connectivity index (χ1v) is 6.81. The van der Waals surface area contributed by atoms with Crippen LogP contribution in [0.1, 0.15) is 17.2 Å². The third-order valence-electron chi connectivity index (χ3n) is 3.04. The zero-order chi connectivity index (χ0) is 15.2. The van der Waals surface area contributed by atoms with Gasteiger partial charge in [0, 0.05) is 30.2 Å². The van der Waals surface area contributed by atoms with Crippen molar-refractivity contribution in [1.82, 2.24) is 5.32 Å². The second-order valence-corrected chi connectivity index (χ2v) is 5.06. The summed E-state index contributed by atoms with van der Waals surface area (Å²) in [7, 11) is 0. The summed E-state index contributed by atoms with van der Waals surface area (Å²) in [6.45, 7) is 0.939. The SMILES string of the molecule is O=[N+]([O-])c1ccc(C(O)CNCc2cccc(Cl)c2)cc1. The topological polar surface area (TPSA) is 75.4 Å². The zero-order valence-electron chi connectivity index (χ0n) is 11.2. The Morgan fingerprint density at radius 2 is 1.95 bits per heavy atom. The highest BCUT2D eigenvalue weighted by atomic mass is 35.5. The maximum atomic E-state index is 10.6. The van der Waals surface area contributed by atoms with Crippen LogP contribution >= 0.6 is 11.6 Å². The lowest BCUT2D eigenvalue weighted by Crippen LogP contribution is -2.21. The van der Waals surface area contributed by atoms with Crippen molar-refractivity contribution >= 4 is 17.3 Å². The number of nitro benzene ring substituents is 1. The number of hydrogen-bond acceptors (Lipinski definition) is 4. The van der Waals surface area contributed by atoms with Crippen molar-refractivity contribution in [2.75, 3.05) is 6.54 Å². The summed E-state index contributed by atoms with van der Waals surface area (Å²) in [4.78, 5) is 10.1. The van der Waals surface area contributed by atoms with Crippen molar-refractivity contribution < 1.29 is 10.0 Å². The molecule has 2 N–H and O–H groups in total. The molecule has 0 fully saturated rings. The summed E-state index contributed by atoms with van der Waals surface area (Å²) in [5, 5.41) is 24.4. The highest BCUT2D eigenvalue weighted by Gasteiger charge is 2.10. The maximum Gasteiger partial charge on any atom is 0.269 e. The van der Waals surface area contributed by atoms with Crippen LogP contribution in [-0.2, 0) is 6.54 Å². The van der Waals surface area contributed by atoms with Crippen molar-refractivity contribution in [3.05, 3.63) is 74.8 Å². The monoisotopic (exact) mass is 306 g/mol. The molecule has 5 nitrogen and oxygen atoms in total. The molecule has 0 spiro atoms. The summed E-state index contributed by atoms with van der Waals surface area (Å²) in [6.07, 6.45) is -0.718. The second-order valence-electron chi connectivity index (χ2n) is 4.63. The van der Waals surface area contributed by atoms with Gasteiger partial charge in [0.1, 0.15) is 0 Å². The minimum atomic E-state index is -0.718. The molecule has 2 aromatic carbocycles. The van der Waals surface area contributed by atoms with E-state index in [1.54, 1.807) is 18.2 Å². The minimum absolute atomic E-state index is 0.0119. The van der Waals surface area contributed by atoms with Crippen LogP contribution in [-0.4, -0.2) is 16.6 Å². The third-order valence-corrected chi connectivity index (χ3v) is 3.28. The van der Waals surface area contributed by atoms with Crippen LogP contribution in [0.2, 0.25) is 5.02 Å². The van der Waals surface area contributed by atoms with Gasteiger partial charge in [-0.15, -0.1) is 0 Å². The van der Waals surface area contributed by atoms with Gasteiger partial charge in [0.05, 0.1) is 11.0 Å². The normalized spacial score (nSPS) is 12.1. The Kier molecular flexibility index (Phi) is 5.27. The summed E-state index contributed by atoms with van der Waals surface area (Å²) < 4.78 is 0. The van der Waals surface area contributed by atoms with E-state index in [-0.39, 0.29) is 5.69 Å². The maximum absolute atomic E-state index is 10.6. The van der Waals surface area contributed by atoms with Gasteiger partial charge in [-0.1, -0.05) is 23.7 Å². The number of halogens is 1. The van der Waals surface area contributed by atoms with Gasteiger partial charge in [-0.2, -0.15) is 0 Å². The van der Waals surface area contributed by atoms with E-state index in [9.17, 15) is 15.2 Å². The lowest BCUT2D eigenvalue weighted by atomic mass is 10.1. The van der Waals surface area contributed by atoms with E-state index in [0.29, 0.717) is 23.7 Å². The van der Waals surface area contributed by atoms with Crippen LogP contribution in [0, 0.1) is 10.1 Å². The number of hydrogen-bond donors (Lipinski definition) is 2. The van der Waals surface area contributed by atoms with Crippen LogP contribution in [0.4, 0.5) is 5.69 Å². The molecular weight excluding hydrogens is 292 g/mol. The van der Waals surface area contributed by atoms with Crippen molar-refractivity contribution in [2.24, 2.45) is 0 Å². The smallest absolute Gasteiger partial charge is 0.269 e. The first-order valence-electron chi connectivity index (χ1n) is 6.44. The first-order chi connectivity index (χ1) is 10.1. The Labute approximate surface area is 127 Å². The van der Waals surface area contributed by atoms with Crippen molar-refractivity contribution in [1.29, 1.82) is 0 Å². The fourth-order valence-corrected chi connectivity index (χ4v) is 2.15. The molecule has 0 bridgehead atoms. The minimum Gasteiger partial charge on any atom is -0.387 e. The highest BCUT2D eigenvalue weighted by molar-refractivity contribution is 6.30. The molecule has 2 rings (SSSR count). The number of aliphatic hydroxyl groups is 1. The van der Waals surface area contributed by atoms with Gasteiger partial charge in [-0.3, -0.25) is 10.1 Å². The Morgan fingerprint density at radius 3 is 2.57 bits per heavy atom. The fourth-order valence-electron chi connectivity index (χ4n) is 1.94. The Bertz CT molecular complexity index is 617. The van der Waals surface area contributed by atoms with E-state index in [0.717, 1.165) is 5.56 Å². The average Bonchev–Trinajstić information content (AvgIpc) is 2.47. The Morgan fingerprint density at radius 1 is 1.24 bits per heavy atom. The molecule has 0 aromatic heterocycles. The van der Waals surface area contributed by atoms with E-state index >= 15 is 0 Å². The Hall–Kier alpha value is -1.95. The number of nitro groups is 1. The number of benzene rings is 2. The van der Waals surface area contributed by atoms with Gasteiger partial charge in [-0.25, -0.2) is 0 Å². The van der Waals surface area contributed by atoms with Crippen LogP contribution < -0.4 is 5.32 Å². The largest absolute Gasteiger partial charge is 0.387 e. The molecule has 0 saturated heterocycles. The molecule has 110 valence electrons. The number of rotatable bonds is 6. The van der Waals surface area contributed by atoms with Crippen LogP contribution in [0.25, 0.3) is 0 Å². The summed E-state index contributed by atoms with van der Waals surface area (Å²) in [6, 6.07) is 13.4. The predicted molar refractivity (Wildman–Crippen MR) is 81.2 cm³/mol. The van der Waals surface area contributed by atoms with E-state index in [1.807, 2.05) is 18.2 Å². The quantitative estimate of drug-likeness (QED) is 0.635. The van der Waals surface area contributed by atoms with E-state index in [1.165, 1.54) is 12.1 Å². The molecule has 0 saturated carbocycles. The van der Waals surface area contributed by atoms with Crippen LogP contribution in [0.15, 0.2) is 48.5 Å². The van der Waals surface area contributed by atoms with Gasteiger partial charge in [0.25, 0.3) is 5.69 Å². The molecule has 1 atom stereocenters. The second kappa shape index (κ2) is 7.17. The highest BCUT2D eigenvalue weighted by Crippen LogP contribution is 2.17. The molecule has 6 heteroatoms. The van der Waals surface area contributed by atoms with Gasteiger partial charge >= 0.3 is 0 Å². The molecular formula is C15H15ClN2O3. The van der Waals surface area contributed by atoms with Crippen molar-refractivity contribution in [3.63, 3.8) is 0 Å². The lowest BCUT2D eigenvalue weighted by Gasteiger charge is -2.12. The number of non-ortho nitro benzene ring substituents is 1. The Balaban J connectivity index is 1.86. The molecule has 1 unspecified atom stereocenters. The van der Waals surface area contributed by atoms with Gasteiger partial charge in [-0.05, 0) is 35.4 Å². The summed E-state index contributed by atoms with van der Waals surface area (Å²) in [5.41, 5.74) is 1.68. The number of aliphatic hydroxyl groups excluding tert-OH is 1. The fraction of sp³-hybridized carbons (Fsp3) is 0.200. The van der Waals surface area contributed by atoms with Crippen LogP contribution in [0.5, 0.6) is 0 Å². The molecule has 0 radical (unpaired) electrons. The van der Waals surface area contributed by atoms with Crippen molar-refractivity contribution in [2.45, 2.75) is 12.6 Å². The van der Waals surface area contributed by atoms with E-state index < -0.39 is 11.0 Å². The average molecular weight is 307 g/mol. The molecule has 21 heavy (non-hydrogen) atoms. The lowest BCUT2D eigenvalue weighted by molar-refractivity contribution is -0.384. The first kappa shape index (κ1) is 15.4. The molecule has 0 heterocycles. The number of nitrogens with zero attached hydrogens (tertiary/aromatic N) is 1. The molecule has 0 aliphatic heterocycles. The van der Waals surface area contributed by atoms with E-state index in [2.05, 4.69) is 5.32 Å². The van der Waals surface area contributed by atoms with Gasteiger partial charge in [0.2, 0.25) is 0 Å². The van der Waals surface area contributed by atoms with Gasteiger partial charge in [0.15, 0.2) is 0 Å². The third kappa shape index (κ3) is 4.53. The van der Waals surface area contributed by atoms with E-state index in [4.69, 9.17) is 11.6 Å². The molecule has 0 amide bonds. The predicted octanol–water partition coefficient (Wildman–Crippen LogP) is 3.07. The number of nitrogens with one attached hydrogen (secondary N) is 1.